The molecular weight excluding hydrogens is 432 g/mol. The number of nitrogens with one attached hydrogen (secondary N) is 1. The molecule has 1 aromatic heterocycles. The lowest BCUT2D eigenvalue weighted by molar-refractivity contribution is -0.145. The molecule has 1 aliphatic heterocycles. The second kappa shape index (κ2) is 12.0. The van der Waals surface area contributed by atoms with Crippen molar-refractivity contribution in [1.29, 1.82) is 0 Å². The van der Waals surface area contributed by atoms with Gasteiger partial charge in [-0.15, -0.1) is 0 Å². The van der Waals surface area contributed by atoms with Crippen LogP contribution in [0.15, 0.2) is 36.7 Å². The van der Waals surface area contributed by atoms with E-state index < -0.39 is 24.4 Å². The summed E-state index contributed by atoms with van der Waals surface area (Å²) in [5.74, 6) is 0.721. The Morgan fingerprint density at radius 1 is 0.971 bits per heavy atom. The Morgan fingerprint density at radius 2 is 1.68 bits per heavy atom. The van der Waals surface area contributed by atoms with Crippen LogP contribution in [0.5, 0.6) is 0 Å². The molecule has 34 heavy (non-hydrogen) atoms. The highest BCUT2D eigenvalue weighted by atomic mass is 16.4. The Balaban J connectivity index is 1.47. The Bertz CT molecular complexity index is 890. The maximum absolute atomic E-state index is 10.1. The van der Waals surface area contributed by atoms with Crippen molar-refractivity contribution in [3.8, 4) is 11.4 Å². The molecule has 1 saturated heterocycles. The van der Waals surface area contributed by atoms with Gasteiger partial charge in [-0.2, -0.15) is 0 Å². The Labute approximate surface area is 202 Å². The highest BCUT2D eigenvalue weighted by Crippen LogP contribution is 2.30. The predicted octanol–water partition coefficient (Wildman–Crippen LogP) is 2.17. The second-order valence-electron chi connectivity index (χ2n) is 10.3. The number of aliphatic hydroxyl groups excluding tert-OH is 4. The van der Waals surface area contributed by atoms with Gasteiger partial charge in [0.05, 0.1) is 18.8 Å². The van der Waals surface area contributed by atoms with Gasteiger partial charge in [-0.1, -0.05) is 33.6 Å². The van der Waals surface area contributed by atoms with E-state index in [1.807, 2.05) is 11.0 Å². The van der Waals surface area contributed by atoms with Gasteiger partial charge >= 0.3 is 0 Å². The van der Waals surface area contributed by atoms with Crippen LogP contribution in [0, 0.1) is 0 Å². The molecule has 1 fully saturated rings. The fourth-order valence-corrected chi connectivity index (χ4v) is 4.40. The van der Waals surface area contributed by atoms with Gasteiger partial charge in [-0.05, 0) is 54.6 Å². The number of benzene rings is 1. The van der Waals surface area contributed by atoms with Gasteiger partial charge in [-0.3, -0.25) is 4.90 Å². The Hall–Kier alpha value is -2.10. The lowest BCUT2D eigenvalue weighted by atomic mass is 9.85. The summed E-state index contributed by atoms with van der Waals surface area (Å²) in [5.41, 5.74) is 3.31. The predicted molar refractivity (Wildman–Crippen MR) is 134 cm³/mol. The van der Waals surface area contributed by atoms with Gasteiger partial charge in [0, 0.05) is 36.7 Å². The number of hydrogen-bond donors (Lipinski definition) is 5. The largest absolute Gasteiger partial charge is 0.395 e. The van der Waals surface area contributed by atoms with E-state index in [9.17, 15) is 20.4 Å². The van der Waals surface area contributed by atoms with Crippen LogP contribution in [0.25, 0.3) is 11.4 Å². The second-order valence-corrected chi connectivity index (χ2v) is 10.3. The normalized spacial score (nSPS) is 23.7. The standard InChI is InChI=1S/C26H40N4O4/c1-26(2,3)19-13-18(25-28-10-8-11-29-25)14-20(15-19)27-9-6-4-5-7-12-30-16-22(32)24(34)23(33)21(30)17-31/h8,10-11,13-15,21-24,27,31-34H,4-7,9,12,16-17H2,1-3H3/t21-,22+,23-,24-/m1/s1. The summed E-state index contributed by atoms with van der Waals surface area (Å²) < 4.78 is 0. The maximum Gasteiger partial charge on any atom is 0.159 e. The molecule has 2 aromatic rings. The Morgan fingerprint density at radius 3 is 2.35 bits per heavy atom. The molecule has 0 unspecified atom stereocenters. The lowest BCUT2D eigenvalue weighted by Gasteiger charge is -2.43. The number of rotatable bonds is 10. The summed E-state index contributed by atoms with van der Waals surface area (Å²) in [6, 6.07) is 7.74. The zero-order chi connectivity index (χ0) is 24.7. The molecule has 1 aromatic carbocycles. The summed E-state index contributed by atoms with van der Waals surface area (Å²) in [6.07, 6.45) is 4.17. The molecule has 8 nitrogen and oxygen atoms in total. The van der Waals surface area contributed by atoms with E-state index in [0.29, 0.717) is 6.54 Å². The van der Waals surface area contributed by atoms with Crippen molar-refractivity contribution in [2.45, 2.75) is 76.2 Å². The van der Waals surface area contributed by atoms with Gasteiger partial charge in [0.2, 0.25) is 0 Å². The SMILES string of the molecule is CC(C)(C)c1cc(NCCCCCCN2C[C@H](O)[C@@H](O)[C@H](O)[C@H]2CO)cc(-c2ncccn2)c1. The van der Waals surface area contributed by atoms with E-state index in [1.165, 1.54) is 5.56 Å². The topological polar surface area (TPSA) is 122 Å². The lowest BCUT2D eigenvalue weighted by Crippen LogP contribution is -2.62. The summed E-state index contributed by atoms with van der Waals surface area (Å²) in [6.45, 7) is 8.16. The first-order chi connectivity index (χ1) is 16.2. The number of hydrogen-bond acceptors (Lipinski definition) is 8. The first-order valence-corrected chi connectivity index (χ1v) is 12.3. The highest BCUT2D eigenvalue weighted by molar-refractivity contribution is 5.65. The minimum atomic E-state index is -1.20. The van der Waals surface area contributed by atoms with Crippen LogP contribution in [0.4, 0.5) is 5.69 Å². The van der Waals surface area contributed by atoms with Crippen molar-refractivity contribution < 1.29 is 20.4 Å². The summed E-state index contributed by atoms with van der Waals surface area (Å²) in [5, 5.41) is 43.0. The number of anilines is 1. The van der Waals surface area contributed by atoms with Crippen molar-refractivity contribution in [3.05, 3.63) is 42.2 Å². The van der Waals surface area contributed by atoms with E-state index >= 15 is 0 Å². The average Bonchev–Trinajstić information content (AvgIpc) is 2.82. The smallest absolute Gasteiger partial charge is 0.159 e. The van der Waals surface area contributed by atoms with E-state index in [2.05, 4.69) is 54.3 Å². The molecule has 188 valence electrons. The average molecular weight is 473 g/mol. The molecule has 3 rings (SSSR count). The van der Waals surface area contributed by atoms with Crippen LogP contribution >= 0.6 is 0 Å². The number of aliphatic hydroxyl groups is 4. The quantitative estimate of drug-likeness (QED) is 0.334. The molecule has 8 heteroatoms. The number of unbranched alkanes of at least 4 members (excludes halogenated alkanes) is 3. The molecule has 0 radical (unpaired) electrons. The summed E-state index contributed by atoms with van der Waals surface area (Å²) in [4.78, 5) is 10.7. The van der Waals surface area contributed by atoms with Crippen molar-refractivity contribution >= 4 is 5.69 Å². The van der Waals surface area contributed by atoms with Gasteiger partial charge in [0.1, 0.15) is 12.2 Å². The van der Waals surface area contributed by atoms with Crippen LogP contribution in [0.2, 0.25) is 0 Å². The molecule has 0 spiro atoms. The van der Waals surface area contributed by atoms with Gasteiger partial charge in [0.25, 0.3) is 0 Å². The van der Waals surface area contributed by atoms with Crippen molar-refractivity contribution in [1.82, 2.24) is 14.9 Å². The fraction of sp³-hybridized carbons (Fsp3) is 0.615. The number of β-amino-alcohol motifs (C(OH)–C–C–N with tert-alkyl or cyclic N) is 1. The minimum absolute atomic E-state index is 0.0132. The minimum Gasteiger partial charge on any atom is -0.395 e. The third kappa shape index (κ3) is 6.96. The molecule has 5 N–H and O–H groups in total. The van der Waals surface area contributed by atoms with E-state index in [-0.39, 0.29) is 18.6 Å². The fourth-order valence-electron chi connectivity index (χ4n) is 4.40. The van der Waals surface area contributed by atoms with Gasteiger partial charge < -0.3 is 25.7 Å². The molecular formula is C26H40N4O4. The van der Waals surface area contributed by atoms with Crippen molar-refractivity contribution in [3.63, 3.8) is 0 Å². The van der Waals surface area contributed by atoms with Crippen LogP contribution in [0.3, 0.4) is 0 Å². The monoisotopic (exact) mass is 472 g/mol. The number of nitrogens with zero attached hydrogens (tertiary/aromatic N) is 3. The molecule has 1 aliphatic rings. The maximum atomic E-state index is 10.1. The van der Waals surface area contributed by atoms with Gasteiger partial charge in [-0.25, -0.2) is 9.97 Å². The van der Waals surface area contributed by atoms with Crippen molar-refractivity contribution in [2.24, 2.45) is 0 Å². The molecule has 0 amide bonds. The van der Waals surface area contributed by atoms with E-state index in [1.54, 1.807) is 12.4 Å². The van der Waals surface area contributed by atoms with Crippen LogP contribution in [-0.2, 0) is 5.41 Å². The van der Waals surface area contributed by atoms with Gasteiger partial charge in [0.15, 0.2) is 5.82 Å². The zero-order valence-corrected chi connectivity index (χ0v) is 20.6. The summed E-state index contributed by atoms with van der Waals surface area (Å²) in [7, 11) is 0. The third-order valence-electron chi connectivity index (χ3n) is 6.54. The highest BCUT2D eigenvalue weighted by Gasteiger charge is 2.40. The van der Waals surface area contributed by atoms with E-state index in [0.717, 1.165) is 49.3 Å². The number of aromatic nitrogens is 2. The first-order valence-electron chi connectivity index (χ1n) is 12.3. The number of likely N-dealkylation sites (tertiary alicyclic amines) is 1. The molecule has 0 saturated carbocycles. The van der Waals surface area contributed by atoms with Crippen LogP contribution in [0.1, 0.15) is 52.0 Å². The molecule has 4 atom stereocenters. The molecule has 2 heterocycles. The summed E-state index contributed by atoms with van der Waals surface area (Å²) >= 11 is 0. The first kappa shape index (κ1) is 26.5. The van der Waals surface area contributed by atoms with Crippen molar-refractivity contribution in [2.75, 3.05) is 31.6 Å². The Kier molecular flexibility index (Phi) is 9.39. The van der Waals surface area contributed by atoms with E-state index in [4.69, 9.17) is 0 Å². The zero-order valence-electron chi connectivity index (χ0n) is 20.6. The number of piperidine rings is 1. The molecule has 0 aliphatic carbocycles. The molecule has 0 bridgehead atoms. The van der Waals surface area contributed by atoms with Crippen LogP contribution in [-0.4, -0.2) is 85.9 Å². The third-order valence-corrected chi connectivity index (χ3v) is 6.54. The van der Waals surface area contributed by atoms with Crippen LogP contribution < -0.4 is 5.32 Å².